The number of tetrazole rings is 1. The molecule has 1 saturated heterocycles. The van der Waals surface area contributed by atoms with Gasteiger partial charge in [-0.05, 0) is 55.5 Å². The van der Waals surface area contributed by atoms with Crippen molar-refractivity contribution in [1.29, 1.82) is 0 Å². The van der Waals surface area contributed by atoms with Gasteiger partial charge in [0.25, 0.3) is 0 Å². The molecule has 3 rings (SSSR count). The van der Waals surface area contributed by atoms with Gasteiger partial charge in [-0.2, -0.15) is 0 Å². The lowest BCUT2D eigenvalue weighted by atomic mass is 10.0. The number of nitrogens with zero attached hydrogens (tertiary/aromatic N) is 5. The Hall–Kier alpha value is -2.02. The highest BCUT2D eigenvalue weighted by atomic mass is 19.1. The molecule has 0 bridgehead atoms. The van der Waals surface area contributed by atoms with Gasteiger partial charge in [0.1, 0.15) is 11.9 Å². The molecule has 7 heteroatoms. The first-order valence-electron chi connectivity index (χ1n) is 9.54. The van der Waals surface area contributed by atoms with Crippen LogP contribution in [0.25, 0.3) is 0 Å². The van der Waals surface area contributed by atoms with E-state index in [2.05, 4.69) is 48.1 Å². The van der Waals surface area contributed by atoms with Crippen LogP contribution in [-0.2, 0) is 5.54 Å². The van der Waals surface area contributed by atoms with E-state index in [4.69, 9.17) is 0 Å². The van der Waals surface area contributed by atoms with Crippen LogP contribution < -0.4 is 9.80 Å². The van der Waals surface area contributed by atoms with Crippen molar-refractivity contribution in [2.45, 2.75) is 52.1 Å². The summed E-state index contributed by atoms with van der Waals surface area (Å²) in [5, 5.41) is 12.6. The number of hydrogen-bond acceptors (Lipinski definition) is 4. The van der Waals surface area contributed by atoms with E-state index in [9.17, 15) is 4.39 Å². The van der Waals surface area contributed by atoms with Crippen LogP contribution in [0.4, 0.5) is 10.1 Å². The summed E-state index contributed by atoms with van der Waals surface area (Å²) in [6.45, 7) is 12.6. The first-order valence-corrected chi connectivity index (χ1v) is 9.54. The zero-order valence-corrected chi connectivity index (χ0v) is 16.2. The number of halogens is 1. The normalized spacial score (nSPS) is 17.5. The van der Waals surface area contributed by atoms with Gasteiger partial charge >= 0.3 is 0 Å². The average molecular weight is 361 g/mol. The predicted molar refractivity (Wildman–Crippen MR) is 99.8 cm³/mol. The summed E-state index contributed by atoms with van der Waals surface area (Å²) >= 11 is 0. The van der Waals surface area contributed by atoms with Gasteiger partial charge in [0.05, 0.1) is 31.7 Å². The van der Waals surface area contributed by atoms with Gasteiger partial charge in [-0.1, -0.05) is 13.3 Å². The Labute approximate surface area is 155 Å². The van der Waals surface area contributed by atoms with Crippen LogP contribution in [-0.4, -0.2) is 46.4 Å². The maximum absolute atomic E-state index is 13.2. The molecule has 0 radical (unpaired) electrons. The molecular formula is C19H30FN6+. The summed E-state index contributed by atoms with van der Waals surface area (Å²) in [4.78, 5) is 3.86. The molecule has 0 spiro atoms. The Balaban J connectivity index is 1.73. The second-order valence-electron chi connectivity index (χ2n) is 8.08. The van der Waals surface area contributed by atoms with Crippen molar-refractivity contribution in [3.05, 3.63) is 35.9 Å². The third-order valence-electron chi connectivity index (χ3n) is 5.11. The maximum Gasteiger partial charge on any atom is 0.209 e. The Kier molecular flexibility index (Phi) is 5.55. The highest BCUT2D eigenvalue weighted by molar-refractivity contribution is 5.46. The first-order chi connectivity index (χ1) is 12.4. The van der Waals surface area contributed by atoms with Crippen LogP contribution >= 0.6 is 0 Å². The molecule has 0 aliphatic carbocycles. The molecule has 142 valence electrons. The van der Waals surface area contributed by atoms with Crippen LogP contribution in [0.5, 0.6) is 0 Å². The number of hydrogen-bond donors (Lipinski definition) is 1. The summed E-state index contributed by atoms with van der Waals surface area (Å²) in [5.74, 6) is 0.805. The van der Waals surface area contributed by atoms with E-state index in [-0.39, 0.29) is 11.4 Å². The molecule has 1 N–H and O–H groups in total. The van der Waals surface area contributed by atoms with E-state index in [0.29, 0.717) is 6.04 Å². The lowest BCUT2D eigenvalue weighted by molar-refractivity contribution is -0.933. The van der Waals surface area contributed by atoms with Crippen molar-refractivity contribution in [3.8, 4) is 0 Å². The molecule has 1 fully saturated rings. The van der Waals surface area contributed by atoms with Gasteiger partial charge < -0.3 is 9.80 Å². The van der Waals surface area contributed by atoms with Crippen LogP contribution in [0, 0.1) is 5.82 Å². The van der Waals surface area contributed by atoms with Crippen LogP contribution in [0.15, 0.2) is 24.3 Å². The number of rotatable bonds is 5. The van der Waals surface area contributed by atoms with Crippen molar-refractivity contribution >= 4 is 5.69 Å². The van der Waals surface area contributed by atoms with Crippen molar-refractivity contribution in [2.75, 3.05) is 31.1 Å². The summed E-state index contributed by atoms with van der Waals surface area (Å²) in [7, 11) is 0. The zero-order valence-electron chi connectivity index (χ0n) is 16.2. The first kappa shape index (κ1) is 18.8. The van der Waals surface area contributed by atoms with E-state index in [1.165, 1.54) is 17.0 Å². The molecule has 2 heterocycles. The third kappa shape index (κ3) is 4.03. The fraction of sp³-hybridized carbons (Fsp3) is 0.632. The fourth-order valence-corrected chi connectivity index (χ4v) is 3.75. The highest BCUT2D eigenvalue weighted by Crippen LogP contribution is 2.20. The van der Waals surface area contributed by atoms with E-state index >= 15 is 0 Å². The molecule has 0 saturated carbocycles. The topological polar surface area (TPSA) is 51.3 Å². The molecular weight excluding hydrogens is 331 g/mol. The minimum Gasteiger partial charge on any atom is -0.360 e. The van der Waals surface area contributed by atoms with Gasteiger partial charge in [-0.15, -0.1) is 5.10 Å². The third-order valence-corrected chi connectivity index (χ3v) is 5.11. The van der Waals surface area contributed by atoms with Gasteiger partial charge in [0, 0.05) is 12.1 Å². The van der Waals surface area contributed by atoms with Gasteiger partial charge in [0.2, 0.25) is 5.82 Å². The van der Waals surface area contributed by atoms with Crippen LogP contribution in [0.2, 0.25) is 0 Å². The molecule has 1 aromatic heterocycles. The molecule has 1 atom stereocenters. The van der Waals surface area contributed by atoms with Crippen molar-refractivity contribution in [3.63, 3.8) is 0 Å². The second kappa shape index (κ2) is 7.70. The molecule has 1 aromatic carbocycles. The molecule has 2 aromatic rings. The monoisotopic (exact) mass is 361 g/mol. The minimum absolute atomic E-state index is 0.125. The molecule has 0 unspecified atom stereocenters. The Morgan fingerprint density at radius 1 is 1.15 bits per heavy atom. The summed E-state index contributed by atoms with van der Waals surface area (Å²) in [6, 6.07) is 7.11. The summed E-state index contributed by atoms with van der Waals surface area (Å²) in [5.41, 5.74) is 0.970. The number of benzene rings is 1. The summed E-state index contributed by atoms with van der Waals surface area (Å²) in [6.07, 6.45) is 2.18. The zero-order chi connectivity index (χ0) is 18.7. The smallest absolute Gasteiger partial charge is 0.209 e. The van der Waals surface area contributed by atoms with E-state index in [0.717, 1.165) is 50.5 Å². The Bertz CT molecular complexity index is 698. The standard InChI is InChI=1S/C19H29FN6/c1-5-6-17(18-21-22-23-26(18)19(2,3)4)25-13-11-24(12-14-25)16-9-7-15(20)8-10-16/h7-10,17H,5-6,11-14H2,1-4H3/p+1/t17-/m1/s1. The Morgan fingerprint density at radius 2 is 1.81 bits per heavy atom. The highest BCUT2D eigenvalue weighted by Gasteiger charge is 2.34. The Morgan fingerprint density at radius 3 is 2.38 bits per heavy atom. The lowest BCUT2D eigenvalue weighted by Crippen LogP contribution is -3.15. The van der Waals surface area contributed by atoms with Gasteiger partial charge in [-0.3, -0.25) is 0 Å². The number of piperazine rings is 1. The second-order valence-corrected chi connectivity index (χ2v) is 8.08. The van der Waals surface area contributed by atoms with Crippen LogP contribution in [0.3, 0.4) is 0 Å². The number of quaternary nitrogens is 1. The predicted octanol–water partition coefficient (Wildman–Crippen LogP) is 1.81. The number of nitrogens with one attached hydrogen (secondary N) is 1. The molecule has 6 nitrogen and oxygen atoms in total. The SMILES string of the molecule is CCC[C@H](c1nnnn1C(C)(C)C)[NH+]1CCN(c2ccc(F)cc2)CC1. The van der Waals surface area contributed by atoms with E-state index < -0.39 is 0 Å². The van der Waals surface area contributed by atoms with E-state index in [1.807, 2.05) is 16.8 Å². The van der Waals surface area contributed by atoms with Gasteiger partial charge in [0.15, 0.2) is 0 Å². The van der Waals surface area contributed by atoms with Crippen molar-refractivity contribution in [2.24, 2.45) is 0 Å². The maximum atomic E-state index is 13.2. The minimum atomic E-state index is -0.185. The molecule has 1 aliphatic rings. The average Bonchev–Trinajstić information content (AvgIpc) is 3.10. The van der Waals surface area contributed by atoms with Crippen molar-refractivity contribution in [1.82, 2.24) is 20.2 Å². The fourth-order valence-electron chi connectivity index (χ4n) is 3.75. The quantitative estimate of drug-likeness (QED) is 0.883. The molecule has 26 heavy (non-hydrogen) atoms. The molecule has 1 aliphatic heterocycles. The summed E-state index contributed by atoms with van der Waals surface area (Å²) < 4.78 is 15.1. The van der Waals surface area contributed by atoms with E-state index in [1.54, 1.807) is 0 Å². The van der Waals surface area contributed by atoms with Crippen molar-refractivity contribution < 1.29 is 9.29 Å². The molecule has 0 amide bonds. The lowest BCUT2D eigenvalue weighted by Gasteiger charge is -2.37. The number of anilines is 1. The largest absolute Gasteiger partial charge is 0.360 e. The van der Waals surface area contributed by atoms with Gasteiger partial charge in [-0.25, -0.2) is 9.07 Å². The number of aromatic nitrogens is 4. The van der Waals surface area contributed by atoms with Crippen LogP contribution in [0.1, 0.15) is 52.4 Å².